The molecular weight excluding hydrogens is 551 g/mol. The first-order valence-corrected chi connectivity index (χ1v) is 13.9. The van der Waals surface area contributed by atoms with Crippen molar-refractivity contribution >= 4 is 23.2 Å². The lowest BCUT2D eigenvalue weighted by molar-refractivity contribution is 0.0612. The van der Waals surface area contributed by atoms with Crippen LogP contribution >= 0.6 is 0 Å². The molecule has 2 aromatic heterocycles. The lowest BCUT2D eigenvalue weighted by Gasteiger charge is -2.32. The Hall–Kier alpha value is -4.63. The summed E-state index contributed by atoms with van der Waals surface area (Å²) >= 11 is 0. The van der Waals surface area contributed by atoms with Gasteiger partial charge in [-0.2, -0.15) is 4.99 Å². The Bertz CT molecular complexity index is 1820. The van der Waals surface area contributed by atoms with Crippen LogP contribution in [0.5, 0.6) is 5.75 Å². The summed E-state index contributed by atoms with van der Waals surface area (Å²) in [5.41, 5.74) is 2.19. The van der Waals surface area contributed by atoms with Gasteiger partial charge in [0.1, 0.15) is 17.3 Å². The summed E-state index contributed by atoms with van der Waals surface area (Å²) in [6, 6.07) is 10.9. The molecule has 3 heterocycles. The smallest absolute Gasteiger partial charge is 0.280 e. The first kappa shape index (κ1) is 29.8. The van der Waals surface area contributed by atoms with E-state index in [9.17, 15) is 24.2 Å². The molecular formula is C32H33FN6O4. The average molecular weight is 585 g/mol. The molecule has 1 aliphatic heterocycles. The molecule has 43 heavy (non-hydrogen) atoms. The van der Waals surface area contributed by atoms with E-state index < -0.39 is 23.1 Å². The number of nitrogens with one attached hydrogen (secondary N) is 1. The van der Waals surface area contributed by atoms with Crippen molar-refractivity contribution in [2.75, 3.05) is 33.2 Å². The van der Waals surface area contributed by atoms with Crippen LogP contribution < -0.4 is 5.62 Å². The molecule has 1 saturated heterocycles. The molecule has 0 spiro atoms. The molecule has 10 nitrogen and oxygen atoms in total. The second-order valence-electron chi connectivity index (χ2n) is 11.4. The summed E-state index contributed by atoms with van der Waals surface area (Å²) in [4.78, 5) is 41.1. The number of imidazole rings is 1. The molecule has 2 aromatic carbocycles. The van der Waals surface area contributed by atoms with Crippen molar-refractivity contribution in [1.82, 2.24) is 24.3 Å². The van der Waals surface area contributed by atoms with Crippen molar-refractivity contribution in [1.29, 1.82) is 0 Å². The summed E-state index contributed by atoms with van der Waals surface area (Å²) in [5.74, 6) is 3.53. The molecule has 3 N–H and O–H groups in total. The zero-order valence-electron chi connectivity index (χ0n) is 24.3. The Labute approximate surface area is 248 Å². The fourth-order valence-corrected chi connectivity index (χ4v) is 4.96. The maximum atomic E-state index is 13.8. The minimum absolute atomic E-state index is 0.00607. The highest BCUT2D eigenvalue weighted by Crippen LogP contribution is 2.21. The van der Waals surface area contributed by atoms with E-state index in [1.807, 2.05) is 6.07 Å². The van der Waals surface area contributed by atoms with Gasteiger partial charge in [-0.15, -0.1) is 0 Å². The van der Waals surface area contributed by atoms with E-state index in [1.165, 1.54) is 18.3 Å². The third-order valence-electron chi connectivity index (χ3n) is 7.18. The topological polar surface area (TPSA) is 127 Å². The van der Waals surface area contributed by atoms with Crippen LogP contribution in [-0.2, 0) is 13.1 Å². The third-order valence-corrected chi connectivity index (χ3v) is 7.18. The number of hydrogen-bond donors (Lipinski definition) is 3. The molecule has 0 radical (unpaired) electrons. The Morgan fingerprint density at radius 2 is 1.91 bits per heavy atom. The minimum atomic E-state index is -1.08. The van der Waals surface area contributed by atoms with Gasteiger partial charge in [0.2, 0.25) is 5.62 Å². The average Bonchev–Trinajstić information content (AvgIpc) is 3.27. The van der Waals surface area contributed by atoms with E-state index in [1.54, 1.807) is 18.4 Å². The number of aldehydes is 1. The second kappa shape index (κ2) is 12.3. The highest BCUT2D eigenvalue weighted by atomic mass is 19.1. The highest BCUT2D eigenvalue weighted by molar-refractivity contribution is 5.95. The number of rotatable bonds is 6. The van der Waals surface area contributed by atoms with Crippen molar-refractivity contribution < 1.29 is 24.2 Å². The van der Waals surface area contributed by atoms with Crippen molar-refractivity contribution in [2.45, 2.75) is 32.5 Å². The van der Waals surface area contributed by atoms with Crippen molar-refractivity contribution in [3.8, 4) is 17.6 Å². The molecule has 4 aromatic rings. The first-order valence-electron chi connectivity index (χ1n) is 13.9. The second-order valence-corrected chi connectivity index (χ2v) is 11.4. The normalized spacial score (nSPS) is 15.0. The molecule has 11 heteroatoms. The quantitative estimate of drug-likeness (QED) is 0.235. The summed E-state index contributed by atoms with van der Waals surface area (Å²) in [7, 11) is 2.12. The maximum absolute atomic E-state index is 13.8. The van der Waals surface area contributed by atoms with Crippen LogP contribution in [0.2, 0.25) is 0 Å². The van der Waals surface area contributed by atoms with E-state index in [0.29, 0.717) is 6.29 Å². The first-order chi connectivity index (χ1) is 20.5. The molecule has 0 aliphatic carbocycles. The van der Waals surface area contributed by atoms with Gasteiger partial charge in [0.05, 0.1) is 28.7 Å². The molecule has 1 amide bonds. The predicted octanol–water partition coefficient (Wildman–Crippen LogP) is 2.68. The van der Waals surface area contributed by atoms with E-state index in [0.717, 1.165) is 61.5 Å². The molecule has 0 unspecified atom stereocenters. The zero-order chi connectivity index (χ0) is 30.7. The van der Waals surface area contributed by atoms with Gasteiger partial charge in [-0.1, -0.05) is 12.0 Å². The van der Waals surface area contributed by atoms with Gasteiger partial charge < -0.3 is 24.7 Å². The molecule has 0 bridgehead atoms. The Morgan fingerprint density at radius 1 is 1.14 bits per heavy atom. The summed E-state index contributed by atoms with van der Waals surface area (Å²) in [5, 5.41) is 20.5. The molecule has 5 rings (SSSR count). The number of pyridine rings is 1. The number of hydrogen-bond acceptors (Lipinski definition) is 7. The highest BCUT2D eigenvalue weighted by Gasteiger charge is 2.19. The lowest BCUT2D eigenvalue weighted by atomic mass is 10.1. The number of piperazine rings is 1. The third kappa shape index (κ3) is 7.24. The van der Waals surface area contributed by atoms with Gasteiger partial charge in [-0.05, 0) is 62.7 Å². The van der Waals surface area contributed by atoms with Crippen molar-refractivity contribution in [3.63, 3.8) is 0 Å². The monoisotopic (exact) mass is 584 g/mol. The number of phenolic OH excluding ortho intramolecular Hbond substituents is 1. The number of carbonyl (C=O) groups is 2. The number of aromatic nitrogens is 3. The van der Waals surface area contributed by atoms with Crippen LogP contribution in [0.15, 0.2) is 53.7 Å². The van der Waals surface area contributed by atoms with Crippen LogP contribution in [0.3, 0.4) is 0 Å². The molecule has 222 valence electrons. The van der Waals surface area contributed by atoms with E-state index in [2.05, 4.69) is 55.8 Å². The number of carbonyl (C=O) groups excluding carboxylic acids is 2. The van der Waals surface area contributed by atoms with Crippen LogP contribution in [0, 0.1) is 17.7 Å². The number of aromatic hydroxyl groups is 1. The van der Waals surface area contributed by atoms with Crippen molar-refractivity contribution in [3.05, 3.63) is 88.0 Å². The van der Waals surface area contributed by atoms with Gasteiger partial charge in [0.15, 0.2) is 6.29 Å². The van der Waals surface area contributed by atoms with E-state index in [4.69, 9.17) is 0 Å². The predicted molar refractivity (Wildman–Crippen MR) is 159 cm³/mol. The van der Waals surface area contributed by atoms with Gasteiger partial charge in [0.25, 0.3) is 5.91 Å². The zero-order valence-corrected chi connectivity index (χ0v) is 24.3. The summed E-state index contributed by atoms with van der Waals surface area (Å²) in [6.45, 7) is 8.40. The standard InChI is InChI=1S/C32H33FN6O4/c1-32(2,43)20-39-28-14-21(18-38-12-10-37(3)11-13-38)4-7-27(28)35-31(39)36-30(42)23-8-9-34-25(16-23)6-5-22-15-24(33)17-29(41)26(22)19-40/h4,7-9,14-17,19,41,43H,10-13,18,20H2,1-3H3,(H,35,36,42). The number of halogens is 1. The summed E-state index contributed by atoms with van der Waals surface area (Å²) < 4.78 is 15.6. The maximum Gasteiger partial charge on any atom is 0.280 e. The fourth-order valence-electron chi connectivity index (χ4n) is 4.96. The van der Waals surface area contributed by atoms with Crippen molar-refractivity contribution in [2.24, 2.45) is 4.99 Å². The largest absolute Gasteiger partial charge is 0.507 e. The Morgan fingerprint density at radius 3 is 2.63 bits per heavy atom. The number of likely N-dealkylation sites (N-methyl/N-ethyl adjacent to an activating group) is 1. The van der Waals surface area contributed by atoms with Crippen LogP contribution in [0.4, 0.5) is 4.39 Å². The van der Waals surface area contributed by atoms with Gasteiger partial charge in [0, 0.05) is 56.1 Å². The number of fused-ring (bicyclic) bond motifs is 1. The minimum Gasteiger partial charge on any atom is -0.507 e. The van der Waals surface area contributed by atoms with E-state index in [-0.39, 0.29) is 34.5 Å². The summed E-state index contributed by atoms with van der Waals surface area (Å²) in [6.07, 6.45) is 1.79. The number of phenols is 1. The molecule has 0 atom stereocenters. The fraction of sp³-hybridized carbons (Fsp3) is 0.312. The van der Waals surface area contributed by atoms with E-state index >= 15 is 0 Å². The number of benzene rings is 2. The van der Waals surface area contributed by atoms with Crippen LogP contribution in [-0.4, -0.2) is 85.6 Å². The number of aromatic amines is 1. The Balaban J connectivity index is 1.47. The number of aliphatic hydroxyl groups is 1. The SMILES string of the molecule is CN1CCN(Cc2ccc3[nH]/c(=N\C(=O)c4ccnc(C#Cc5cc(F)cc(O)c5C=O)c4)n(CC(C)(C)O)c3c2)CC1. The Kier molecular flexibility index (Phi) is 8.54. The van der Waals surface area contributed by atoms with Gasteiger partial charge in [-0.25, -0.2) is 9.37 Å². The van der Waals surface area contributed by atoms with Crippen LogP contribution in [0.25, 0.3) is 11.0 Å². The molecule has 1 fully saturated rings. The number of nitrogens with zero attached hydrogens (tertiary/aromatic N) is 5. The number of amides is 1. The van der Waals surface area contributed by atoms with Crippen LogP contribution in [0.1, 0.15) is 51.4 Å². The number of H-pyrrole nitrogens is 1. The lowest BCUT2D eigenvalue weighted by Crippen LogP contribution is -2.43. The van der Waals surface area contributed by atoms with Gasteiger partial charge >= 0.3 is 0 Å². The molecule has 0 saturated carbocycles. The molecule has 1 aliphatic rings. The van der Waals surface area contributed by atoms with Gasteiger partial charge in [-0.3, -0.25) is 14.5 Å².